The van der Waals surface area contributed by atoms with Crippen molar-refractivity contribution < 1.29 is 9.59 Å². The molecule has 0 aliphatic carbocycles. The maximum atomic E-state index is 11.5. The van der Waals surface area contributed by atoms with Crippen LogP contribution in [0.5, 0.6) is 0 Å². The van der Waals surface area contributed by atoms with Gasteiger partial charge in [-0.2, -0.15) is 0 Å². The van der Waals surface area contributed by atoms with E-state index in [1.165, 1.54) is 4.90 Å². The molecule has 0 unspecified atom stereocenters. The van der Waals surface area contributed by atoms with Gasteiger partial charge in [-0.1, -0.05) is 0 Å². The minimum absolute atomic E-state index is 0.0810. The highest BCUT2D eigenvalue weighted by atomic mass is 16.2. The van der Waals surface area contributed by atoms with E-state index in [-0.39, 0.29) is 11.8 Å². The largest absolute Gasteiger partial charge is 0.293 e. The predicted octanol–water partition coefficient (Wildman–Crippen LogP) is 1.20. The van der Waals surface area contributed by atoms with Crippen molar-refractivity contribution in [2.45, 2.75) is 25.7 Å². The van der Waals surface area contributed by atoms with Crippen LogP contribution in [0.1, 0.15) is 25.7 Å². The molecule has 0 N–H and O–H groups in total. The molecule has 1 aliphatic heterocycles. The van der Waals surface area contributed by atoms with Gasteiger partial charge in [0.25, 0.3) is 0 Å². The fourth-order valence-electron chi connectivity index (χ4n) is 1.68. The van der Waals surface area contributed by atoms with E-state index >= 15 is 0 Å². The average molecular weight is 235 g/mol. The van der Waals surface area contributed by atoms with Crippen LogP contribution in [0.3, 0.4) is 0 Å². The van der Waals surface area contributed by atoms with Crippen LogP contribution in [0.15, 0.2) is 22.3 Å². The van der Waals surface area contributed by atoms with E-state index in [2.05, 4.69) is 16.7 Å². The number of aliphatic imine (C=N–C) groups is 2. The lowest BCUT2D eigenvalue weighted by molar-refractivity contribution is -0.147. The van der Waals surface area contributed by atoms with Crippen LogP contribution in [-0.2, 0) is 9.59 Å². The van der Waals surface area contributed by atoms with E-state index in [0.717, 1.165) is 5.71 Å². The van der Waals surface area contributed by atoms with Crippen molar-refractivity contribution >= 4 is 24.2 Å². The van der Waals surface area contributed by atoms with E-state index in [1.807, 2.05) is 0 Å². The summed E-state index contributed by atoms with van der Waals surface area (Å²) in [6.07, 6.45) is 5.43. The smallest absolute Gasteiger partial charge is 0.229 e. The molecule has 0 bridgehead atoms. The Kier molecular flexibility index (Phi) is 5.26. The van der Waals surface area contributed by atoms with Crippen molar-refractivity contribution in [1.82, 2.24) is 4.90 Å². The molecule has 1 rings (SSSR count). The minimum Gasteiger partial charge on any atom is -0.293 e. The molecule has 0 aromatic carbocycles. The maximum absolute atomic E-state index is 11.5. The second-order valence-electron chi connectivity index (χ2n) is 3.76. The number of hydrogen-bond acceptors (Lipinski definition) is 4. The van der Waals surface area contributed by atoms with Gasteiger partial charge in [-0.3, -0.25) is 24.5 Å². The summed E-state index contributed by atoms with van der Waals surface area (Å²) in [5, 5.41) is 0. The van der Waals surface area contributed by atoms with Gasteiger partial charge in [-0.25, -0.2) is 0 Å². The number of hydrogen-bond donors (Lipinski definition) is 0. The van der Waals surface area contributed by atoms with Gasteiger partial charge in [0.15, 0.2) is 0 Å². The highest BCUT2D eigenvalue weighted by molar-refractivity contribution is 5.99. The van der Waals surface area contributed by atoms with Gasteiger partial charge in [0.05, 0.1) is 0 Å². The molecular weight excluding hydrogens is 218 g/mol. The number of allylic oxidation sites excluding steroid dienone is 1. The summed E-state index contributed by atoms with van der Waals surface area (Å²) in [6.45, 7) is 3.73. The van der Waals surface area contributed by atoms with E-state index < -0.39 is 0 Å². The Hall–Kier alpha value is -1.78. The topological polar surface area (TPSA) is 62.1 Å². The van der Waals surface area contributed by atoms with Crippen LogP contribution in [0.25, 0.3) is 0 Å². The molecule has 0 radical (unpaired) electrons. The fourth-order valence-corrected chi connectivity index (χ4v) is 1.68. The second-order valence-corrected chi connectivity index (χ2v) is 3.76. The lowest BCUT2D eigenvalue weighted by Gasteiger charge is -2.24. The van der Waals surface area contributed by atoms with Crippen molar-refractivity contribution in [2.75, 3.05) is 13.6 Å². The normalized spacial score (nSPS) is 17.9. The first-order valence-corrected chi connectivity index (χ1v) is 5.60. The molecule has 1 fully saturated rings. The number of amides is 2. The Balaban J connectivity index is 2.53. The van der Waals surface area contributed by atoms with Crippen molar-refractivity contribution in [2.24, 2.45) is 9.98 Å². The summed E-state index contributed by atoms with van der Waals surface area (Å²) in [5.74, 6) is -0.162. The molecule has 92 valence electrons. The second kappa shape index (κ2) is 6.73. The zero-order valence-electron chi connectivity index (χ0n) is 10.1. The lowest BCUT2D eigenvalue weighted by atomic mass is 10.1. The highest BCUT2D eigenvalue weighted by Crippen LogP contribution is 2.12. The molecule has 0 aromatic heterocycles. The first-order valence-electron chi connectivity index (χ1n) is 5.60. The Bertz CT molecular complexity index is 356. The first-order chi connectivity index (χ1) is 8.19. The van der Waals surface area contributed by atoms with Crippen molar-refractivity contribution in [1.29, 1.82) is 0 Å². The third-order valence-electron chi connectivity index (χ3n) is 2.63. The summed E-state index contributed by atoms with van der Waals surface area (Å²) in [7, 11) is 1.67. The molecule has 0 aromatic rings. The van der Waals surface area contributed by atoms with Crippen LogP contribution >= 0.6 is 0 Å². The molecule has 5 nitrogen and oxygen atoms in total. The molecule has 0 saturated carbocycles. The van der Waals surface area contributed by atoms with E-state index in [4.69, 9.17) is 0 Å². The average Bonchev–Trinajstić information content (AvgIpc) is 2.32. The summed E-state index contributed by atoms with van der Waals surface area (Å²) < 4.78 is 0. The van der Waals surface area contributed by atoms with Crippen molar-refractivity contribution in [3.05, 3.63) is 12.3 Å². The molecule has 2 amide bonds. The predicted molar refractivity (Wildman–Crippen MR) is 67.2 cm³/mol. The summed E-state index contributed by atoms with van der Waals surface area (Å²) in [4.78, 5) is 32.0. The Morgan fingerprint density at radius 1 is 1.41 bits per heavy atom. The van der Waals surface area contributed by atoms with Crippen LogP contribution in [0.4, 0.5) is 0 Å². The highest BCUT2D eigenvalue weighted by Gasteiger charge is 2.25. The molecule has 17 heavy (non-hydrogen) atoms. The summed E-state index contributed by atoms with van der Waals surface area (Å²) >= 11 is 0. The van der Waals surface area contributed by atoms with E-state index in [0.29, 0.717) is 32.2 Å². The number of nitrogens with zero attached hydrogens (tertiary/aromatic N) is 3. The molecular formula is C12H17N3O2. The maximum Gasteiger partial charge on any atom is 0.229 e. The van der Waals surface area contributed by atoms with Crippen LogP contribution < -0.4 is 0 Å². The molecule has 1 heterocycles. The lowest BCUT2D eigenvalue weighted by Crippen LogP contribution is -2.41. The van der Waals surface area contributed by atoms with Gasteiger partial charge in [0.1, 0.15) is 0 Å². The van der Waals surface area contributed by atoms with E-state index in [1.54, 1.807) is 19.3 Å². The quantitative estimate of drug-likeness (QED) is 0.531. The Labute approximate surface area is 101 Å². The standard InChI is InChI=1S/C12H17N3O2/c1-13-8-6-10(14-2)7-9-15-11(16)4-3-5-12(15)17/h6,8H,1,3-5,7,9H2,2H3/b8-6-,14-10?. The molecule has 0 spiro atoms. The zero-order valence-corrected chi connectivity index (χ0v) is 10.1. The SMILES string of the molecule is C=N/C=C\C(CCN1C(=O)CCCC1=O)=NC. The number of imide groups is 1. The van der Waals surface area contributed by atoms with Gasteiger partial charge in [-0.15, -0.1) is 0 Å². The minimum atomic E-state index is -0.0810. The van der Waals surface area contributed by atoms with Gasteiger partial charge >= 0.3 is 0 Å². The number of piperidine rings is 1. The monoisotopic (exact) mass is 235 g/mol. The van der Waals surface area contributed by atoms with Crippen LogP contribution in [0, 0.1) is 0 Å². The number of carbonyl (C=O) groups is 2. The third kappa shape index (κ3) is 3.94. The van der Waals surface area contributed by atoms with Crippen LogP contribution in [0.2, 0.25) is 0 Å². The first kappa shape index (κ1) is 13.3. The van der Waals surface area contributed by atoms with E-state index in [9.17, 15) is 9.59 Å². The zero-order chi connectivity index (χ0) is 12.7. The molecule has 5 heteroatoms. The summed E-state index contributed by atoms with van der Waals surface area (Å²) in [6, 6.07) is 0. The molecule has 1 saturated heterocycles. The Morgan fingerprint density at radius 2 is 2.06 bits per heavy atom. The van der Waals surface area contributed by atoms with Gasteiger partial charge in [0.2, 0.25) is 11.8 Å². The number of rotatable bonds is 5. The van der Waals surface area contributed by atoms with Gasteiger partial charge in [-0.05, 0) is 19.2 Å². The Morgan fingerprint density at radius 3 is 2.59 bits per heavy atom. The third-order valence-corrected chi connectivity index (χ3v) is 2.63. The molecule has 1 aliphatic rings. The van der Waals surface area contributed by atoms with Gasteiger partial charge < -0.3 is 0 Å². The fraction of sp³-hybridized carbons (Fsp3) is 0.500. The number of likely N-dealkylation sites (tertiary alicyclic amines) is 1. The van der Waals surface area contributed by atoms with Gasteiger partial charge in [0, 0.05) is 44.8 Å². The van der Waals surface area contributed by atoms with Crippen molar-refractivity contribution in [3.63, 3.8) is 0 Å². The molecule has 0 atom stereocenters. The van der Waals surface area contributed by atoms with Crippen LogP contribution in [-0.4, -0.2) is 42.7 Å². The number of carbonyl (C=O) groups excluding carboxylic acids is 2. The van der Waals surface area contributed by atoms with Crippen molar-refractivity contribution in [3.8, 4) is 0 Å². The summed E-state index contributed by atoms with van der Waals surface area (Å²) in [5.41, 5.74) is 0.795.